The van der Waals surface area contributed by atoms with Gasteiger partial charge in [-0.2, -0.15) is 0 Å². The number of nitrogens with one attached hydrogen (secondary N) is 1. The van der Waals surface area contributed by atoms with Crippen LogP contribution in [0.3, 0.4) is 0 Å². The standard InChI is InChI=1S/C19H23N5O3/c1-11(17(20)25)22-18-14-3-2-4-15(14)23-19(24-18)16-9-12(5-7-21-16)27-13-6-8-26-10-13/h5,7,9,11,13H,2-4,6,8,10H2,1H3,(H2,20,25)(H,22,23,24)/t11?,13-/m0/s1. The third-order valence-corrected chi connectivity index (χ3v) is 4.86. The second kappa shape index (κ2) is 7.48. The maximum Gasteiger partial charge on any atom is 0.239 e. The van der Waals surface area contributed by atoms with Crippen molar-refractivity contribution < 1.29 is 14.3 Å². The largest absolute Gasteiger partial charge is 0.488 e. The van der Waals surface area contributed by atoms with Crippen molar-refractivity contribution in [2.75, 3.05) is 18.5 Å². The first-order chi connectivity index (χ1) is 13.1. The molecular weight excluding hydrogens is 346 g/mol. The summed E-state index contributed by atoms with van der Waals surface area (Å²) < 4.78 is 11.3. The van der Waals surface area contributed by atoms with Crippen LogP contribution in [0.4, 0.5) is 5.82 Å². The summed E-state index contributed by atoms with van der Waals surface area (Å²) in [5, 5.41) is 3.12. The first kappa shape index (κ1) is 17.7. The van der Waals surface area contributed by atoms with Crippen molar-refractivity contribution in [2.24, 2.45) is 5.73 Å². The zero-order valence-corrected chi connectivity index (χ0v) is 15.3. The van der Waals surface area contributed by atoms with Crippen LogP contribution in [0.5, 0.6) is 5.75 Å². The van der Waals surface area contributed by atoms with Crippen LogP contribution in [0, 0.1) is 0 Å². The fourth-order valence-electron chi connectivity index (χ4n) is 3.35. The van der Waals surface area contributed by atoms with Gasteiger partial charge < -0.3 is 20.5 Å². The SMILES string of the molecule is CC(Nc1nc(-c2cc(O[C@H]3CCOC3)ccn2)nc2c1CCC2)C(N)=O. The quantitative estimate of drug-likeness (QED) is 0.793. The Balaban J connectivity index is 1.64. The summed E-state index contributed by atoms with van der Waals surface area (Å²) in [6.07, 6.45) is 5.44. The molecule has 2 aromatic heterocycles. The summed E-state index contributed by atoms with van der Waals surface area (Å²) in [5.74, 6) is 1.48. The third-order valence-electron chi connectivity index (χ3n) is 4.86. The number of amides is 1. The van der Waals surface area contributed by atoms with Gasteiger partial charge in [0.05, 0.1) is 13.2 Å². The maximum absolute atomic E-state index is 11.4. The summed E-state index contributed by atoms with van der Waals surface area (Å²) in [5.41, 5.74) is 8.08. The van der Waals surface area contributed by atoms with Gasteiger partial charge in [-0.25, -0.2) is 9.97 Å². The van der Waals surface area contributed by atoms with Gasteiger partial charge in [0.25, 0.3) is 0 Å². The molecule has 3 N–H and O–H groups in total. The molecule has 3 heterocycles. The monoisotopic (exact) mass is 369 g/mol. The zero-order chi connectivity index (χ0) is 18.8. The molecule has 0 aromatic carbocycles. The number of ether oxygens (including phenoxy) is 2. The number of carbonyl (C=O) groups excluding carboxylic acids is 1. The predicted molar refractivity (Wildman–Crippen MR) is 99.4 cm³/mol. The normalized spacial score (nSPS) is 19.5. The van der Waals surface area contributed by atoms with E-state index in [0.717, 1.165) is 49.3 Å². The topological polar surface area (TPSA) is 112 Å². The molecule has 1 unspecified atom stereocenters. The molecular formula is C19H23N5O3. The minimum atomic E-state index is -0.512. The van der Waals surface area contributed by atoms with Crippen LogP contribution < -0.4 is 15.8 Å². The number of primary amides is 1. The first-order valence-electron chi connectivity index (χ1n) is 9.26. The van der Waals surface area contributed by atoms with Gasteiger partial charge >= 0.3 is 0 Å². The average Bonchev–Trinajstić information content (AvgIpc) is 3.33. The van der Waals surface area contributed by atoms with Crippen LogP contribution in [0.2, 0.25) is 0 Å². The van der Waals surface area contributed by atoms with Gasteiger partial charge in [0.2, 0.25) is 5.91 Å². The number of carbonyl (C=O) groups is 1. The Labute approximate surface area is 157 Å². The summed E-state index contributed by atoms with van der Waals surface area (Å²) in [6, 6.07) is 3.15. The lowest BCUT2D eigenvalue weighted by atomic mass is 10.2. The van der Waals surface area contributed by atoms with E-state index >= 15 is 0 Å². The molecule has 0 radical (unpaired) electrons. The van der Waals surface area contributed by atoms with Crippen LogP contribution in [0.1, 0.15) is 31.0 Å². The summed E-state index contributed by atoms with van der Waals surface area (Å²) in [7, 11) is 0. The van der Waals surface area contributed by atoms with Gasteiger partial charge in [0, 0.05) is 29.9 Å². The molecule has 2 atom stereocenters. The van der Waals surface area contributed by atoms with E-state index in [1.807, 2.05) is 12.1 Å². The molecule has 1 saturated heterocycles. The van der Waals surface area contributed by atoms with Gasteiger partial charge in [-0.1, -0.05) is 0 Å². The molecule has 1 fully saturated rings. The number of anilines is 1. The predicted octanol–water partition coefficient (Wildman–Crippen LogP) is 1.48. The highest BCUT2D eigenvalue weighted by molar-refractivity contribution is 5.82. The molecule has 4 rings (SSSR count). The van der Waals surface area contributed by atoms with E-state index < -0.39 is 11.9 Å². The van der Waals surface area contributed by atoms with Crippen LogP contribution >= 0.6 is 0 Å². The van der Waals surface area contributed by atoms with Crippen LogP contribution in [-0.2, 0) is 22.4 Å². The molecule has 27 heavy (non-hydrogen) atoms. The summed E-state index contributed by atoms with van der Waals surface area (Å²) >= 11 is 0. The maximum atomic E-state index is 11.4. The molecule has 2 aromatic rings. The van der Waals surface area contributed by atoms with Crippen molar-refractivity contribution in [3.63, 3.8) is 0 Å². The number of aromatic nitrogens is 3. The van der Waals surface area contributed by atoms with Crippen LogP contribution in [0.25, 0.3) is 11.5 Å². The summed E-state index contributed by atoms with van der Waals surface area (Å²) in [6.45, 7) is 3.05. The van der Waals surface area contributed by atoms with Crippen molar-refractivity contribution in [2.45, 2.75) is 44.8 Å². The minimum absolute atomic E-state index is 0.0647. The second-order valence-electron chi connectivity index (χ2n) is 6.92. The fraction of sp³-hybridized carbons (Fsp3) is 0.474. The molecule has 0 spiro atoms. The van der Waals surface area contributed by atoms with E-state index in [0.29, 0.717) is 23.9 Å². The Morgan fingerprint density at radius 2 is 2.30 bits per heavy atom. The van der Waals surface area contributed by atoms with E-state index in [9.17, 15) is 4.79 Å². The van der Waals surface area contributed by atoms with Gasteiger partial charge in [-0.05, 0) is 32.3 Å². The Morgan fingerprint density at radius 3 is 3.07 bits per heavy atom. The van der Waals surface area contributed by atoms with Crippen molar-refractivity contribution in [1.29, 1.82) is 0 Å². The van der Waals surface area contributed by atoms with Gasteiger partial charge in [-0.3, -0.25) is 9.78 Å². The molecule has 142 valence electrons. The number of rotatable bonds is 6. The van der Waals surface area contributed by atoms with E-state index in [1.54, 1.807) is 13.1 Å². The fourth-order valence-corrected chi connectivity index (χ4v) is 3.35. The highest BCUT2D eigenvalue weighted by Gasteiger charge is 2.23. The van der Waals surface area contributed by atoms with Crippen LogP contribution in [0.15, 0.2) is 18.3 Å². The van der Waals surface area contributed by atoms with Crippen molar-refractivity contribution >= 4 is 11.7 Å². The van der Waals surface area contributed by atoms with E-state index in [4.69, 9.17) is 20.2 Å². The van der Waals surface area contributed by atoms with Gasteiger partial charge in [0.1, 0.15) is 29.4 Å². The Hall–Kier alpha value is -2.74. The Morgan fingerprint density at radius 1 is 1.41 bits per heavy atom. The molecule has 1 amide bonds. The van der Waals surface area contributed by atoms with Crippen LogP contribution in [-0.4, -0.2) is 46.2 Å². The van der Waals surface area contributed by atoms with Crippen molar-refractivity contribution in [1.82, 2.24) is 15.0 Å². The Bertz CT molecular complexity index is 851. The lowest BCUT2D eigenvalue weighted by Gasteiger charge is -2.16. The smallest absolute Gasteiger partial charge is 0.239 e. The number of hydrogen-bond acceptors (Lipinski definition) is 7. The Kier molecular flexibility index (Phi) is 4.89. The van der Waals surface area contributed by atoms with E-state index in [2.05, 4.69) is 15.3 Å². The van der Waals surface area contributed by atoms with Gasteiger partial charge in [0.15, 0.2) is 5.82 Å². The lowest BCUT2D eigenvalue weighted by molar-refractivity contribution is -0.118. The van der Waals surface area contributed by atoms with E-state index in [-0.39, 0.29) is 6.10 Å². The first-order valence-corrected chi connectivity index (χ1v) is 9.26. The molecule has 0 saturated carbocycles. The third kappa shape index (κ3) is 3.85. The van der Waals surface area contributed by atoms with Crippen molar-refractivity contribution in [3.05, 3.63) is 29.6 Å². The van der Waals surface area contributed by atoms with E-state index in [1.165, 1.54) is 0 Å². The molecule has 2 aliphatic rings. The molecule has 1 aliphatic carbocycles. The van der Waals surface area contributed by atoms with Crippen molar-refractivity contribution in [3.8, 4) is 17.3 Å². The number of aryl methyl sites for hydroxylation is 1. The zero-order valence-electron chi connectivity index (χ0n) is 15.3. The number of fused-ring (bicyclic) bond motifs is 1. The molecule has 8 nitrogen and oxygen atoms in total. The molecule has 1 aliphatic heterocycles. The molecule has 0 bridgehead atoms. The summed E-state index contributed by atoms with van der Waals surface area (Å²) in [4.78, 5) is 25.2. The highest BCUT2D eigenvalue weighted by atomic mass is 16.5. The number of nitrogens with zero attached hydrogens (tertiary/aromatic N) is 3. The highest BCUT2D eigenvalue weighted by Crippen LogP contribution is 2.30. The second-order valence-corrected chi connectivity index (χ2v) is 6.92. The number of pyridine rings is 1. The molecule has 8 heteroatoms. The lowest BCUT2D eigenvalue weighted by Crippen LogP contribution is -2.33. The van der Waals surface area contributed by atoms with Gasteiger partial charge in [-0.15, -0.1) is 0 Å². The average molecular weight is 369 g/mol. The minimum Gasteiger partial charge on any atom is -0.488 e. The number of nitrogens with two attached hydrogens (primary N) is 1. The number of hydrogen-bond donors (Lipinski definition) is 2.